The van der Waals surface area contributed by atoms with Gasteiger partial charge in [0.05, 0.1) is 35.0 Å². The number of hydrogen-bond acceptors (Lipinski definition) is 6. The molecule has 0 unspecified atom stereocenters. The Morgan fingerprint density at radius 1 is 0.674 bits per heavy atom. The van der Waals surface area contributed by atoms with E-state index in [1.807, 2.05) is 25.3 Å². The van der Waals surface area contributed by atoms with Crippen LogP contribution in [0.25, 0.3) is 33.6 Å². The maximum atomic E-state index is 12.5. The predicted molar refractivity (Wildman–Crippen MR) is 181 cm³/mol. The molecule has 2 amide bonds. The van der Waals surface area contributed by atoms with Crippen molar-refractivity contribution in [1.29, 1.82) is 0 Å². The Kier molecular flexibility index (Phi) is 10.9. The van der Waals surface area contributed by atoms with Crippen molar-refractivity contribution < 1.29 is 19.8 Å². The first-order valence-corrected chi connectivity index (χ1v) is 15.9. The topological polar surface area (TPSA) is 156 Å². The minimum Gasteiger partial charge on any atom is -0.389 e. The highest BCUT2D eigenvalue weighted by atomic mass is 16.3. The van der Waals surface area contributed by atoms with E-state index in [1.54, 1.807) is 33.9 Å². The predicted octanol–water partition coefficient (Wildman–Crippen LogP) is 5.53. The van der Waals surface area contributed by atoms with Crippen LogP contribution in [0.1, 0.15) is 84.8 Å². The van der Waals surface area contributed by atoms with Crippen molar-refractivity contribution >= 4 is 11.8 Å². The van der Waals surface area contributed by atoms with E-state index in [4.69, 9.17) is 0 Å². The summed E-state index contributed by atoms with van der Waals surface area (Å²) in [5, 5.41) is 25.3. The third-order valence-electron chi connectivity index (χ3n) is 7.87. The van der Waals surface area contributed by atoms with Gasteiger partial charge in [-0.2, -0.15) is 0 Å². The molecule has 2 atom stereocenters. The fourth-order valence-corrected chi connectivity index (χ4v) is 5.09. The molecular formula is C36H48N6O4. The van der Waals surface area contributed by atoms with Gasteiger partial charge in [-0.05, 0) is 55.9 Å². The lowest BCUT2D eigenvalue weighted by molar-refractivity contribution is -0.123. The summed E-state index contributed by atoms with van der Waals surface area (Å²) < 4.78 is 0. The molecule has 4 aromatic rings. The molecule has 10 nitrogen and oxygen atoms in total. The van der Waals surface area contributed by atoms with E-state index in [9.17, 15) is 19.8 Å². The number of aromatic nitrogens is 4. The molecule has 0 saturated carbocycles. The average Bonchev–Trinajstić information content (AvgIpc) is 3.68. The Hall–Kier alpha value is -4.28. The van der Waals surface area contributed by atoms with Gasteiger partial charge in [0, 0.05) is 37.8 Å². The van der Waals surface area contributed by atoms with Crippen LogP contribution in [0.3, 0.4) is 0 Å². The van der Waals surface area contributed by atoms with Crippen LogP contribution in [-0.2, 0) is 9.59 Å². The van der Waals surface area contributed by atoms with Gasteiger partial charge in [0.25, 0.3) is 0 Å². The number of nitrogens with zero attached hydrogens (tertiary/aromatic N) is 2. The average molecular weight is 629 g/mol. The number of carbonyl (C=O) groups is 2. The lowest BCUT2D eigenvalue weighted by Gasteiger charge is -2.21. The highest BCUT2D eigenvalue weighted by Crippen LogP contribution is 2.30. The zero-order chi connectivity index (χ0) is 33.6. The van der Waals surface area contributed by atoms with Crippen LogP contribution in [-0.4, -0.2) is 66.3 Å². The van der Waals surface area contributed by atoms with E-state index in [2.05, 4.69) is 80.8 Å². The molecule has 2 heterocycles. The van der Waals surface area contributed by atoms with Crippen LogP contribution < -0.4 is 10.6 Å². The van der Waals surface area contributed by atoms with Gasteiger partial charge in [-0.1, -0.05) is 69.3 Å². The van der Waals surface area contributed by atoms with Gasteiger partial charge in [-0.15, -0.1) is 0 Å². The quantitative estimate of drug-likeness (QED) is 0.108. The summed E-state index contributed by atoms with van der Waals surface area (Å²) in [6.45, 7) is 13.1. The largest absolute Gasteiger partial charge is 0.389 e. The third kappa shape index (κ3) is 9.86. The minimum atomic E-state index is -0.959. The number of hydrogen-bond donors (Lipinski definition) is 6. The summed E-state index contributed by atoms with van der Waals surface area (Å²) in [5.41, 5.74) is 4.01. The van der Waals surface area contributed by atoms with Crippen molar-refractivity contribution in [3.05, 3.63) is 72.6 Å². The van der Waals surface area contributed by atoms with E-state index in [-0.39, 0.29) is 55.5 Å². The molecule has 246 valence electrons. The maximum absolute atomic E-state index is 12.5. The summed E-state index contributed by atoms with van der Waals surface area (Å²) in [5.74, 6) is 1.30. The molecular weight excluding hydrogens is 580 g/mol. The van der Waals surface area contributed by atoms with Crippen molar-refractivity contribution in [2.45, 2.75) is 84.3 Å². The van der Waals surface area contributed by atoms with Gasteiger partial charge < -0.3 is 30.8 Å². The van der Waals surface area contributed by atoms with E-state index >= 15 is 0 Å². The number of carbonyl (C=O) groups excluding carboxylic acids is 2. The second kappa shape index (κ2) is 14.4. The van der Waals surface area contributed by atoms with Crippen LogP contribution in [0.2, 0.25) is 0 Å². The lowest BCUT2D eigenvalue weighted by atomic mass is 9.91. The first-order chi connectivity index (χ1) is 21.6. The van der Waals surface area contributed by atoms with Gasteiger partial charge in [0.15, 0.2) is 0 Å². The Morgan fingerprint density at radius 2 is 1.07 bits per heavy atom. The second-order valence-corrected chi connectivity index (χ2v) is 13.9. The van der Waals surface area contributed by atoms with Crippen molar-refractivity contribution in [2.75, 3.05) is 13.1 Å². The van der Waals surface area contributed by atoms with Crippen molar-refractivity contribution in [1.82, 2.24) is 30.6 Å². The number of aromatic amines is 2. The van der Waals surface area contributed by atoms with Crippen LogP contribution in [0.15, 0.2) is 60.9 Å². The fourth-order valence-electron chi connectivity index (χ4n) is 5.09. The molecule has 0 aliphatic carbocycles. The van der Waals surface area contributed by atoms with Crippen LogP contribution in [0.4, 0.5) is 0 Å². The van der Waals surface area contributed by atoms with Gasteiger partial charge in [0.1, 0.15) is 11.6 Å². The standard InChI is InChI=1S/C36H48N6O4/c1-22(2)28(17-32(44)40-21-36(6,7)46)34-38-19-30(42-34)27-14-10-25(11-15-27)24-8-12-26(13-9-24)29-18-37-33(41-29)23(3)16-31(43)39-20-35(4,5)45/h8-15,18-19,22-23,28,45-46H,16-17,20-21H2,1-7H3,(H,37,41)(H,38,42)(H,39,43)(H,40,44)/t23-,28+/m1/s1. The minimum absolute atomic E-state index is 0.0773. The fraction of sp³-hybridized carbons (Fsp3) is 0.444. The van der Waals surface area contributed by atoms with E-state index in [0.717, 1.165) is 45.3 Å². The molecule has 0 radical (unpaired) electrons. The van der Waals surface area contributed by atoms with E-state index in [1.165, 1.54) is 0 Å². The van der Waals surface area contributed by atoms with Crippen LogP contribution in [0.5, 0.6) is 0 Å². The maximum Gasteiger partial charge on any atom is 0.220 e. The zero-order valence-electron chi connectivity index (χ0n) is 27.9. The normalized spacial score (nSPS) is 13.4. The van der Waals surface area contributed by atoms with E-state index in [0.29, 0.717) is 0 Å². The molecule has 2 aromatic carbocycles. The summed E-state index contributed by atoms with van der Waals surface area (Å²) in [7, 11) is 0. The number of nitrogens with one attached hydrogen (secondary N) is 4. The molecule has 0 aliphatic rings. The zero-order valence-corrected chi connectivity index (χ0v) is 27.9. The van der Waals surface area contributed by atoms with Crippen LogP contribution in [0, 0.1) is 5.92 Å². The molecule has 0 aliphatic heterocycles. The van der Waals surface area contributed by atoms with Crippen LogP contribution >= 0.6 is 0 Å². The van der Waals surface area contributed by atoms with Gasteiger partial charge >= 0.3 is 0 Å². The molecule has 10 heteroatoms. The Labute approximate surface area is 271 Å². The number of aliphatic hydroxyl groups is 2. The molecule has 4 rings (SSSR count). The first kappa shape index (κ1) is 34.6. The lowest BCUT2D eigenvalue weighted by Crippen LogP contribution is -2.38. The summed E-state index contributed by atoms with van der Waals surface area (Å²) >= 11 is 0. The van der Waals surface area contributed by atoms with Gasteiger partial charge in [-0.3, -0.25) is 9.59 Å². The molecule has 0 fully saturated rings. The summed E-state index contributed by atoms with van der Waals surface area (Å²) in [6, 6.07) is 16.5. The van der Waals surface area contributed by atoms with Gasteiger partial charge in [-0.25, -0.2) is 9.97 Å². The molecule has 6 N–H and O–H groups in total. The van der Waals surface area contributed by atoms with Gasteiger partial charge in [0.2, 0.25) is 11.8 Å². The highest BCUT2D eigenvalue weighted by molar-refractivity contribution is 5.77. The van der Waals surface area contributed by atoms with E-state index < -0.39 is 11.2 Å². The summed E-state index contributed by atoms with van der Waals surface area (Å²) in [4.78, 5) is 40.7. The first-order valence-electron chi connectivity index (χ1n) is 15.9. The third-order valence-corrected chi connectivity index (χ3v) is 7.87. The smallest absolute Gasteiger partial charge is 0.220 e. The Balaban J connectivity index is 1.38. The molecule has 0 bridgehead atoms. The van der Waals surface area contributed by atoms with Crippen molar-refractivity contribution in [3.63, 3.8) is 0 Å². The number of benzene rings is 2. The summed E-state index contributed by atoms with van der Waals surface area (Å²) in [6.07, 6.45) is 4.16. The SMILES string of the molecule is CC(C)[C@H](CC(=O)NCC(C)(C)O)c1ncc(-c2ccc(-c3ccc(-c4cnc([C@H](C)CC(=O)NCC(C)(C)O)[nH]4)cc3)cc2)[nH]1. The number of rotatable bonds is 14. The number of H-pyrrole nitrogens is 2. The highest BCUT2D eigenvalue weighted by Gasteiger charge is 2.24. The second-order valence-electron chi connectivity index (χ2n) is 13.9. The molecule has 0 saturated heterocycles. The molecule has 2 aromatic heterocycles. The molecule has 0 spiro atoms. The Morgan fingerprint density at radius 3 is 1.50 bits per heavy atom. The van der Waals surface area contributed by atoms with Crippen molar-refractivity contribution in [2.24, 2.45) is 5.92 Å². The monoisotopic (exact) mass is 628 g/mol. The number of imidazole rings is 2. The number of amides is 2. The Bertz CT molecular complexity index is 1590. The van der Waals surface area contributed by atoms with Crippen molar-refractivity contribution in [3.8, 4) is 33.6 Å². The molecule has 46 heavy (non-hydrogen) atoms.